The Morgan fingerprint density at radius 1 is 1.46 bits per heavy atom. The number of carbonyl (C=O) groups excluding carboxylic acids is 1. The van der Waals surface area contributed by atoms with Crippen molar-refractivity contribution in [3.05, 3.63) is 0 Å². The smallest absolute Gasteiger partial charge is 0.236 e. The molecule has 1 aliphatic rings. The van der Waals surface area contributed by atoms with Crippen LogP contribution in [0.15, 0.2) is 0 Å². The molecule has 0 aromatic heterocycles. The molecule has 1 amide bonds. The maximum absolute atomic E-state index is 10.7. The Morgan fingerprint density at radius 3 is 2.77 bits per heavy atom. The van der Waals surface area contributed by atoms with Gasteiger partial charge in [-0.1, -0.05) is 19.3 Å². The van der Waals surface area contributed by atoms with E-state index in [9.17, 15) is 4.79 Å². The molecule has 4 nitrogen and oxygen atoms in total. The van der Waals surface area contributed by atoms with E-state index in [0.29, 0.717) is 13.0 Å². The second kappa shape index (κ2) is 5.94. The van der Waals surface area contributed by atoms with Gasteiger partial charge in [0.25, 0.3) is 0 Å². The SMILES string of the molecule is NNC(=O)CCOCCC1CCC1. The van der Waals surface area contributed by atoms with Gasteiger partial charge < -0.3 is 4.74 Å². The van der Waals surface area contributed by atoms with Gasteiger partial charge in [0.15, 0.2) is 0 Å². The molecule has 0 spiro atoms. The minimum atomic E-state index is -0.163. The van der Waals surface area contributed by atoms with E-state index in [1.165, 1.54) is 19.3 Å². The summed E-state index contributed by atoms with van der Waals surface area (Å²) in [6.07, 6.45) is 5.59. The molecule has 1 fully saturated rings. The lowest BCUT2D eigenvalue weighted by atomic mass is 9.83. The van der Waals surface area contributed by atoms with E-state index in [4.69, 9.17) is 10.6 Å². The quantitative estimate of drug-likeness (QED) is 0.276. The number of ether oxygens (including phenoxy) is 1. The Labute approximate surface area is 78.8 Å². The van der Waals surface area contributed by atoms with Crippen LogP contribution in [0, 0.1) is 5.92 Å². The van der Waals surface area contributed by atoms with Crippen LogP contribution >= 0.6 is 0 Å². The van der Waals surface area contributed by atoms with Crippen molar-refractivity contribution < 1.29 is 9.53 Å². The number of nitrogens with two attached hydrogens (primary N) is 1. The van der Waals surface area contributed by atoms with Crippen molar-refractivity contribution in [2.75, 3.05) is 13.2 Å². The second-order valence-electron chi connectivity index (χ2n) is 3.52. The third kappa shape index (κ3) is 4.24. The monoisotopic (exact) mass is 186 g/mol. The second-order valence-corrected chi connectivity index (χ2v) is 3.52. The molecule has 76 valence electrons. The first-order chi connectivity index (χ1) is 6.33. The largest absolute Gasteiger partial charge is 0.381 e. The van der Waals surface area contributed by atoms with Gasteiger partial charge in [-0.15, -0.1) is 0 Å². The molecule has 4 heteroatoms. The van der Waals surface area contributed by atoms with Crippen LogP contribution in [0.5, 0.6) is 0 Å². The van der Waals surface area contributed by atoms with Crippen LogP contribution in [0.3, 0.4) is 0 Å². The molecule has 0 radical (unpaired) electrons. The Balaban J connectivity index is 1.80. The molecule has 0 atom stereocenters. The minimum Gasteiger partial charge on any atom is -0.381 e. The van der Waals surface area contributed by atoms with Crippen LogP contribution in [0.25, 0.3) is 0 Å². The van der Waals surface area contributed by atoms with E-state index in [0.717, 1.165) is 18.9 Å². The van der Waals surface area contributed by atoms with Crippen LogP contribution in [0.2, 0.25) is 0 Å². The fourth-order valence-corrected chi connectivity index (χ4v) is 1.37. The zero-order valence-corrected chi connectivity index (χ0v) is 7.92. The van der Waals surface area contributed by atoms with E-state index in [1.807, 2.05) is 0 Å². The highest BCUT2D eigenvalue weighted by atomic mass is 16.5. The Hall–Kier alpha value is -0.610. The van der Waals surface area contributed by atoms with Gasteiger partial charge >= 0.3 is 0 Å². The number of hydrogen-bond acceptors (Lipinski definition) is 3. The van der Waals surface area contributed by atoms with Gasteiger partial charge in [-0.05, 0) is 12.3 Å². The van der Waals surface area contributed by atoms with E-state index in [2.05, 4.69) is 5.43 Å². The number of hydrazine groups is 1. The molecule has 1 saturated carbocycles. The summed E-state index contributed by atoms with van der Waals surface area (Å²) in [6, 6.07) is 0. The topological polar surface area (TPSA) is 64.3 Å². The molecule has 0 heterocycles. The summed E-state index contributed by atoms with van der Waals surface area (Å²) in [6.45, 7) is 1.26. The molecular weight excluding hydrogens is 168 g/mol. The van der Waals surface area contributed by atoms with Crippen LogP contribution in [-0.2, 0) is 9.53 Å². The number of amides is 1. The lowest BCUT2D eigenvalue weighted by Crippen LogP contribution is -2.30. The van der Waals surface area contributed by atoms with Crippen molar-refractivity contribution in [3.63, 3.8) is 0 Å². The fraction of sp³-hybridized carbons (Fsp3) is 0.889. The summed E-state index contributed by atoms with van der Waals surface area (Å²) >= 11 is 0. The Bertz CT molecular complexity index is 158. The average Bonchev–Trinajstić information content (AvgIpc) is 2.07. The molecule has 3 N–H and O–H groups in total. The van der Waals surface area contributed by atoms with E-state index in [-0.39, 0.29) is 5.91 Å². The standard InChI is InChI=1S/C9H18N2O2/c10-11-9(12)5-7-13-6-4-8-2-1-3-8/h8H,1-7,10H2,(H,11,12). The van der Waals surface area contributed by atoms with Crippen molar-refractivity contribution in [2.45, 2.75) is 32.1 Å². The van der Waals surface area contributed by atoms with Crippen LogP contribution < -0.4 is 11.3 Å². The summed E-state index contributed by atoms with van der Waals surface area (Å²) in [4.78, 5) is 10.7. The predicted octanol–water partition coefficient (Wildman–Crippen LogP) is 0.573. The minimum absolute atomic E-state index is 0.163. The third-order valence-corrected chi connectivity index (χ3v) is 2.53. The van der Waals surface area contributed by atoms with Gasteiger partial charge in [0, 0.05) is 6.61 Å². The summed E-state index contributed by atoms with van der Waals surface area (Å²) in [5.41, 5.74) is 2.07. The summed E-state index contributed by atoms with van der Waals surface area (Å²) in [5, 5.41) is 0. The molecule has 0 aromatic rings. The van der Waals surface area contributed by atoms with Crippen LogP contribution in [0.4, 0.5) is 0 Å². The van der Waals surface area contributed by atoms with Gasteiger partial charge in [0.2, 0.25) is 5.91 Å². The first kappa shape index (κ1) is 10.5. The maximum Gasteiger partial charge on any atom is 0.236 e. The molecule has 1 rings (SSSR count). The fourth-order valence-electron chi connectivity index (χ4n) is 1.37. The number of nitrogens with one attached hydrogen (secondary N) is 1. The molecule has 0 aromatic carbocycles. The number of hydrogen-bond donors (Lipinski definition) is 2. The highest BCUT2D eigenvalue weighted by molar-refractivity contribution is 5.75. The zero-order valence-electron chi connectivity index (χ0n) is 7.92. The molecule has 1 aliphatic carbocycles. The molecule has 0 aliphatic heterocycles. The Kier molecular flexibility index (Phi) is 4.78. The third-order valence-electron chi connectivity index (χ3n) is 2.53. The van der Waals surface area contributed by atoms with E-state index in [1.54, 1.807) is 0 Å². The number of rotatable bonds is 6. The predicted molar refractivity (Wildman–Crippen MR) is 49.7 cm³/mol. The van der Waals surface area contributed by atoms with Crippen LogP contribution in [0.1, 0.15) is 32.1 Å². The van der Waals surface area contributed by atoms with Crippen molar-refractivity contribution >= 4 is 5.91 Å². The van der Waals surface area contributed by atoms with Crippen molar-refractivity contribution in [1.29, 1.82) is 0 Å². The summed E-state index contributed by atoms with van der Waals surface area (Å²) in [5.74, 6) is 5.63. The lowest BCUT2D eigenvalue weighted by molar-refractivity contribution is -0.122. The van der Waals surface area contributed by atoms with Gasteiger partial charge in [0.05, 0.1) is 13.0 Å². The molecule has 0 unspecified atom stereocenters. The zero-order chi connectivity index (χ0) is 9.52. The summed E-state index contributed by atoms with van der Waals surface area (Å²) < 4.78 is 5.30. The van der Waals surface area contributed by atoms with E-state index >= 15 is 0 Å². The lowest BCUT2D eigenvalue weighted by Gasteiger charge is -2.24. The average molecular weight is 186 g/mol. The van der Waals surface area contributed by atoms with Crippen LogP contribution in [-0.4, -0.2) is 19.1 Å². The van der Waals surface area contributed by atoms with Gasteiger partial charge in [-0.3, -0.25) is 10.2 Å². The first-order valence-electron chi connectivity index (χ1n) is 4.90. The van der Waals surface area contributed by atoms with Crippen molar-refractivity contribution in [2.24, 2.45) is 11.8 Å². The summed E-state index contributed by atoms with van der Waals surface area (Å²) in [7, 11) is 0. The first-order valence-corrected chi connectivity index (χ1v) is 4.90. The van der Waals surface area contributed by atoms with Crippen molar-refractivity contribution in [3.8, 4) is 0 Å². The number of carbonyl (C=O) groups is 1. The highest BCUT2D eigenvalue weighted by Gasteiger charge is 2.16. The molecule has 0 saturated heterocycles. The highest BCUT2D eigenvalue weighted by Crippen LogP contribution is 2.28. The normalized spacial score (nSPS) is 16.7. The molecule has 13 heavy (non-hydrogen) atoms. The van der Waals surface area contributed by atoms with Gasteiger partial charge in [-0.25, -0.2) is 5.84 Å². The maximum atomic E-state index is 10.7. The molecule has 0 bridgehead atoms. The van der Waals surface area contributed by atoms with Crippen molar-refractivity contribution in [1.82, 2.24) is 5.43 Å². The Morgan fingerprint density at radius 2 is 2.23 bits per heavy atom. The molecular formula is C9H18N2O2. The van der Waals surface area contributed by atoms with Gasteiger partial charge in [-0.2, -0.15) is 0 Å². The van der Waals surface area contributed by atoms with E-state index < -0.39 is 0 Å². The van der Waals surface area contributed by atoms with Gasteiger partial charge in [0.1, 0.15) is 0 Å².